The Bertz CT molecular complexity index is 1100. The fourth-order valence-corrected chi connectivity index (χ4v) is 2.61. The molecule has 0 bridgehead atoms. The largest absolute Gasteiger partial charge is 0.408 e. The topological polar surface area (TPSA) is 83.8 Å². The molecule has 4 aromatic rings. The number of alkyl halides is 3. The van der Waals surface area contributed by atoms with Crippen LogP contribution in [0, 0.1) is 6.92 Å². The van der Waals surface area contributed by atoms with Crippen molar-refractivity contribution in [3.8, 4) is 11.3 Å². The third-order valence-corrected chi connectivity index (χ3v) is 3.99. The summed E-state index contributed by atoms with van der Waals surface area (Å²) in [6.07, 6.45) is 0.616. The molecular weight excluding hydrogens is 347 g/mol. The molecule has 134 valence electrons. The molecule has 4 aromatic heterocycles. The van der Waals surface area contributed by atoms with Crippen LogP contribution in [0.15, 0.2) is 30.7 Å². The van der Waals surface area contributed by atoms with Crippen molar-refractivity contribution in [2.24, 2.45) is 0 Å². The maximum atomic E-state index is 12.7. The van der Waals surface area contributed by atoms with E-state index in [9.17, 15) is 13.2 Å². The van der Waals surface area contributed by atoms with E-state index in [-0.39, 0.29) is 5.95 Å². The Hall–Kier alpha value is -3.17. The zero-order chi connectivity index (χ0) is 18.5. The van der Waals surface area contributed by atoms with Gasteiger partial charge in [0.1, 0.15) is 11.7 Å². The van der Waals surface area contributed by atoms with E-state index >= 15 is 0 Å². The summed E-state index contributed by atoms with van der Waals surface area (Å²) in [6, 6.07) is 1.92. The standard InChI is InChI=1S/C16H14F3N7/c1-8-7-26-13(22-8)4-3-12(25-26)10-5-20-14-11(10)6-21-15(24-14)23-9(2)16(17,18)19/h3-7,9H,1-2H3,(H2,20,21,23,24). The number of nitrogens with one attached hydrogen (secondary N) is 2. The molecule has 0 fully saturated rings. The van der Waals surface area contributed by atoms with Gasteiger partial charge in [0.05, 0.1) is 17.6 Å². The van der Waals surface area contributed by atoms with Crippen LogP contribution in [0.5, 0.6) is 0 Å². The summed E-state index contributed by atoms with van der Waals surface area (Å²) in [7, 11) is 0. The first-order chi connectivity index (χ1) is 12.3. The number of hydrogen-bond donors (Lipinski definition) is 2. The van der Waals surface area contributed by atoms with Crippen molar-refractivity contribution in [1.29, 1.82) is 0 Å². The molecule has 0 spiro atoms. The molecule has 4 rings (SSSR count). The average Bonchev–Trinajstić information content (AvgIpc) is 3.14. The maximum absolute atomic E-state index is 12.7. The average molecular weight is 361 g/mol. The van der Waals surface area contributed by atoms with E-state index in [0.29, 0.717) is 16.7 Å². The van der Waals surface area contributed by atoms with Gasteiger partial charge in [0.25, 0.3) is 0 Å². The molecule has 10 heteroatoms. The smallest absolute Gasteiger partial charge is 0.345 e. The molecule has 26 heavy (non-hydrogen) atoms. The molecular formula is C16H14F3N7. The number of fused-ring (bicyclic) bond motifs is 2. The Morgan fingerprint density at radius 3 is 2.81 bits per heavy atom. The molecule has 1 unspecified atom stereocenters. The highest BCUT2D eigenvalue weighted by molar-refractivity contribution is 5.92. The Balaban J connectivity index is 1.70. The van der Waals surface area contributed by atoms with Gasteiger partial charge in [0.15, 0.2) is 5.65 Å². The number of H-pyrrole nitrogens is 1. The Morgan fingerprint density at radius 1 is 1.23 bits per heavy atom. The lowest BCUT2D eigenvalue weighted by molar-refractivity contribution is -0.138. The van der Waals surface area contributed by atoms with Crippen LogP contribution < -0.4 is 5.32 Å². The van der Waals surface area contributed by atoms with Gasteiger partial charge in [-0.05, 0) is 26.0 Å². The van der Waals surface area contributed by atoms with Crippen LogP contribution in [0.4, 0.5) is 19.1 Å². The molecule has 4 heterocycles. The van der Waals surface area contributed by atoms with Gasteiger partial charge in [-0.1, -0.05) is 0 Å². The summed E-state index contributed by atoms with van der Waals surface area (Å²) in [5, 5.41) is 7.43. The lowest BCUT2D eigenvalue weighted by Gasteiger charge is -2.16. The number of rotatable bonds is 3. The van der Waals surface area contributed by atoms with Crippen LogP contribution >= 0.6 is 0 Å². The van der Waals surface area contributed by atoms with Crippen molar-refractivity contribution in [3.05, 3.63) is 36.4 Å². The number of halogens is 3. The minimum Gasteiger partial charge on any atom is -0.345 e. The maximum Gasteiger partial charge on any atom is 0.408 e. The number of anilines is 1. The Kier molecular flexibility index (Phi) is 3.56. The first-order valence-electron chi connectivity index (χ1n) is 7.82. The van der Waals surface area contributed by atoms with E-state index in [1.54, 1.807) is 10.7 Å². The van der Waals surface area contributed by atoms with Crippen molar-refractivity contribution < 1.29 is 13.2 Å². The first-order valence-corrected chi connectivity index (χ1v) is 7.82. The van der Waals surface area contributed by atoms with Gasteiger partial charge in [-0.15, -0.1) is 0 Å². The number of nitrogens with zero attached hydrogens (tertiary/aromatic N) is 5. The summed E-state index contributed by atoms with van der Waals surface area (Å²) < 4.78 is 39.7. The number of aryl methyl sites for hydroxylation is 1. The van der Waals surface area contributed by atoms with Crippen LogP contribution in [-0.2, 0) is 0 Å². The lowest BCUT2D eigenvalue weighted by atomic mass is 10.2. The van der Waals surface area contributed by atoms with Crippen molar-refractivity contribution in [2.45, 2.75) is 26.1 Å². The molecule has 1 atom stereocenters. The molecule has 0 aliphatic heterocycles. The van der Waals surface area contributed by atoms with Gasteiger partial charge in [-0.2, -0.15) is 23.3 Å². The van der Waals surface area contributed by atoms with Gasteiger partial charge in [0.2, 0.25) is 5.95 Å². The molecule has 0 aliphatic rings. The number of aromatic nitrogens is 6. The van der Waals surface area contributed by atoms with E-state index in [4.69, 9.17) is 0 Å². The summed E-state index contributed by atoms with van der Waals surface area (Å²) in [5.74, 6) is -0.0932. The molecule has 0 saturated carbocycles. The van der Waals surface area contributed by atoms with Crippen molar-refractivity contribution in [3.63, 3.8) is 0 Å². The molecule has 0 amide bonds. The third kappa shape index (κ3) is 2.83. The molecule has 0 aromatic carbocycles. The van der Waals surface area contributed by atoms with E-state index < -0.39 is 12.2 Å². The predicted octanol–water partition coefficient (Wildman–Crippen LogP) is 3.34. The monoisotopic (exact) mass is 361 g/mol. The van der Waals surface area contributed by atoms with Crippen LogP contribution in [0.25, 0.3) is 27.9 Å². The second-order valence-corrected chi connectivity index (χ2v) is 5.97. The zero-order valence-electron chi connectivity index (χ0n) is 13.8. The normalized spacial score (nSPS) is 13.4. The van der Waals surface area contributed by atoms with E-state index in [2.05, 4.69) is 30.4 Å². The predicted molar refractivity (Wildman–Crippen MR) is 89.7 cm³/mol. The second kappa shape index (κ2) is 5.68. The molecule has 0 radical (unpaired) electrons. The van der Waals surface area contributed by atoms with Crippen LogP contribution in [0.3, 0.4) is 0 Å². The lowest BCUT2D eigenvalue weighted by Crippen LogP contribution is -2.33. The fourth-order valence-electron chi connectivity index (χ4n) is 2.61. The van der Waals surface area contributed by atoms with Crippen LogP contribution in [-0.4, -0.2) is 41.8 Å². The highest BCUT2D eigenvalue weighted by Crippen LogP contribution is 2.27. The third-order valence-electron chi connectivity index (χ3n) is 3.99. The van der Waals surface area contributed by atoms with E-state index in [1.165, 1.54) is 6.20 Å². The van der Waals surface area contributed by atoms with Gasteiger partial charge >= 0.3 is 6.18 Å². The number of aromatic amines is 1. The fraction of sp³-hybridized carbons (Fsp3) is 0.250. The minimum absolute atomic E-state index is 0.0932. The first kappa shape index (κ1) is 16.3. The quantitative estimate of drug-likeness (QED) is 0.585. The van der Waals surface area contributed by atoms with Crippen LogP contribution in [0.2, 0.25) is 0 Å². The van der Waals surface area contributed by atoms with Crippen molar-refractivity contribution in [1.82, 2.24) is 29.5 Å². The molecule has 0 aliphatic carbocycles. The minimum atomic E-state index is -4.37. The van der Waals surface area contributed by atoms with Gasteiger partial charge in [-0.25, -0.2) is 14.5 Å². The van der Waals surface area contributed by atoms with Gasteiger partial charge in [-0.3, -0.25) is 0 Å². The molecule has 0 saturated heterocycles. The van der Waals surface area contributed by atoms with E-state index in [0.717, 1.165) is 23.8 Å². The highest BCUT2D eigenvalue weighted by Gasteiger charge is 2.36. The van der Waals surface area contributed by atoms with Crippen molar-refractivity contribution in [2.75, 3.05) is 5.32 Å². The Labute approximate surface area is 145 Å². The molecule has 2 N–H and O–H groups in total. The SMILES string of the molecule is Cc1cn2nc(-c3c[nH]c4nc(NC(C)C(F)(F)F)ncc34)ccc2n1. The second-order valence-electron chi connectivity index (χ2n) is 5.97. The summed E-state index contributed by atoms with van der Waals surface area (Å²) in [4.78, 5) is 15.4. The number of hydrogen-bond acceptors (Lipinski definition) is 5. The van der Waals surface area contributed by atoms with Crippen molar-refractivity contribution >= 4 is 22.6 Å². The molecule has 7 nitrogen and oxygen atoms in total. The van der Waals surface area contributed by atoms with Crippen LogP contribution in [0.1, 0.15) is 12.6 Å². The number of imidazole rings is 1. The summed E-state index contributed by atoms with van der Waals surface area (Å²) >= 11 is 0. The summed E-state index contributed by atoms with van der Waals surface area (Å²) in [6.45, 7) is 2.89. The van der Waals surface area contributed by atoms with E-state index in [1.807, 2.05) is 25.3 Å². The van der Waals surface area contributed by atoms with Gasteiger partial charge < -0.3 is 10.3 Å². The zero-order valence-corrected chi connectivity index (χ0v) is 13.8. The Morgan fingerprint density at radius 2 is 2.04 bits per heavy atom. The van der Waals surface area contributed by atoms with Gasteiger partial charge in [0, 0.05) is 23.3 Å². The summed E-state index contributed by atoms with van der Waals surface area (Å²) in [5.41, 5.74) is 3.44. The highest BCUT2D eigenvalue weighted by atomic mass is 19.4.